The van der Waals surface area contributed by atoms with Gasteiger partial charge in [0.25, 0.3) is 15.6 Å². The zero-order valence-corrected chi connectivity index (χ0v) is 43.7. The van der Waals surface area contributed by atoms with Crippen molar-refractivity contribution in [2.24, 2.45) is 0 Å². The van der Waals surface area contributed by atoms with Crippen LogP contribution in [0.1, 0.15) is 17.6 Å². The molecule has 6 aromatic rings. The van der Waals surface area contributed by atoms with E-state index < -0.39 is 115 Å². The number of carboxylic acid groups (broad SMARTS) is 4. The predicted octanol–water partition coefficient (Wildman–Crippen LogP) is 0.615. The van der Waals surface area contributed by atoms with E-state index in [2.05, 4.69) is 43.4 Å². The number of imidazole rings is 1. The minimum Gasteiger partial charge on any atom is -0.756 e. The number of aliphatic hydroxyl groups is 2. The molecule has 0 aliphatic carbocycles. The van der Waals surface area contributed by atoms with Crippen LogP contribution in [0.15, 0.2) is 85.5 Å². The fraction of sp³-hybridized carbons (Fsp3) is 0.279. The van der Waals surface area contributed by atoms with Gasteiger partial charge in [0.05, 0.1) is 79.0 Å². The number of aliphatic hydroxyl groups excluding tert-OH is 2. The van der Waals surface area contributed by atoms with Crippen molar-refractivity contribution in [3.05, 3.63) is 96.8 Å². The van der Waals surface area contributed by atoms with Crippen molar-refractivity contribution in [2.75, 3.05) is 49.6 Å². The molecule has 32 nitrogen and oxygen atoms in total. The van der Waals surface area contributed by atoms with Gasteiger partial charge >= 0.3 is 30.7 Å². The van der Waals surface area contributed by atoms with E-state index in [0.29, 0.717) is 11.1 Å². The summed E-state index contributed by atoms with van der Waals surface area (Å²) in [5, 5.41) is 61.0. The predicted molar refractivity (Wildman–Crippen MR) is 267 cm³/mol. The standard InChI is InChI=1S/C43H46N11O21P3S/c44-41-38-42(46-21-45-41)54(22-47-38)43-40(65)39(64)32(73-43)19-72-76(66,67)74-77(68,69)75-78(70,71)79-20-33(55)50-25-9-7-23(8-10-25)24-11-30(28-5-1-3-26(48-28)13-52(15-34(56)57)16-35(58)59)51-31(12-24)29-6-2-4-27(49-29)14-53(17-36(60)61)18-37(62)63/h1-12,21-22,32,39-40,43,64-65H,13-20H2,(H,50,55)(H,56,57)(H,58,59)(H,60,61)(H,62,63)(H,66,67)(H,68,69)(H,70,71)(H2,44,45,46)/p-2/t32-,39?,40?,43-/m1/s1. The Morgan fingerprint density at radius 2 is 1.25 bits per heavy atom. The van der Waals surface area contributed by atoms with Gasteiger partial charge in [-0.1, -0.05) is 24.3 Å². The number of fused-ring (bicyclic) bond motifs is 1. The van der Waals surface area contributed by atoms with Crippen LogP contribution in [-0.2, 0) is 68.6 Å². The van der Waals surface area contributed by atoms with Gasteiger partial charge in [0.1, 0.15) is 30.2 Å². The van der Waals surface area contributed by atoms with Gasteiger partial charge in [-0.3, -0.25) is 47.5 Å². The first-order valence-electron chi connectivity index (χ1n) is 22.5. The molecule has 0 saturated carbocycles. The molecule has 1 saturated heterocycles. The Kier molecular flexibility index (Phi) is 19.2. The first kappa shape index (κ1) is 59.6. The number of nitrogens with zero attached hydrogens (tertiary/aromatic N) is 9. The number of aromatic nitrogens is 7. The van der Waals surface area contributed by atoms with Crippen LogP contribution in [0.3, 0.4) is 0 Å². The molecule has 1 aromatic carbocycles. The number of carbonyl (C=O) groups is 5. The number of ether oxygens (including phenoxy) is 1. The van der Waals surface area contributed by atoms with Gasteiger partial charge in [-0.15, -0.1) is 0 Å². The Hall–Kier alpha value is -7.03. The minimum atomic E-state index is -6.25. The van der Waals surface area contributed by atoms with E-state index >= 15 is 0 Å². The molecule has 420 valence electrons. The molecule has 0 radical (unpaired) electrons. The number of rotatable bonds is 27. The summed E-state index contributed by atoms with van der Waals surface area (Å²) in [4.78, 5) is 122. The largest absolute Gasteiger partial charge is 0.756 e. The molecule has 5 aromatic heterocycles. The molecule has 1 amide bonds. The lowest BCUT2D eigenvalue weighted by molar-refractivity contribution is -0.241. The SMILES string of the molecule is Nc1ncnc2c1ncn2[C@@H]1O[C@H](COP(=O)([O-])OP(=O)([O-])OP(=O)(O)SCC(=O)Nc2ccc(-c3cc(-c4cccc(CN(CC(=O)O)CC(=O)O)n4)nc(-c4cccc(CN(CC(=O)O)CC(=O)O)n4)c3)cc2)C(O)C1O. The lowest BCUT2D eigenvalue weighted by Crippen LogP contribution is -2.34. The highest BCUT2D eigenvalue weighted by Gasteiger charge is 2.45. The number of phosphoric acid groups is 2. The van der Waals surface area contributed by atoms with Crippen molar-refractivity contribution in [2.45, 2.75) is 37.6 Å². The topological polar surface area (TPSA) is 488 Å². The van der Waals surface area contributed by atoms with Crippen LogP contribution in [0.5, 0.6) is 0 Å². The minimum absolute atomic E-state index is 0.0191. The van der Waals surface area contributed by atoms with Gasteiger partial charge in [0.2, 0.25) is 5.91 Å². The number of carbonyl (C=O) groups excluding carboxylic acids is 1. The van der Waals surface area contributed by atoms with Crippen LogP contribution >= 0.6 is 33.8 Å². The molecule has 1 aliphatic heterocycles. The number of carboxylic acids is 4. The van der Waals surface area contributed by atoms with Gasteiger partial charge in [-0.05, 0) is 71.0 Å². The third-order valence-electron chi connectivity index (χ3n) is 10.8. The molecule has 10 N–H and O–H groups in total. The van der Waals surface area contributed by atoms with Crippen molar-refractivity contribution < 1.29 is 101 Å². The molecule has 0 bridgehead atoms. The molecular formula is C43H44N11O21P3S-2. The highest BCUT2D eigenvalue weighted by Crippen LogP contribution is 2.69. The molecule has 1 aliphatic rings. The Morgan fingerprint density at radius 3 is 1.78 bits per heavy atom. The highest BCUT2D eigenvalue weighted by molar-refractivity contribution is 8.55. The third-order valence-corrected chi connectivity index (χ3v) is 17.2. The summed E-state index contributed by atoms with van der Waals surface area (Å²) in [5.41, 5.74) is 8.62. The van der Waals surface area contributed by atoms with Crippen LogP contribution in [-0.4, -0.2) is 166 Å². The number of nitrogens with one attached hydrogen (secondary N) is 1. The molecule has 79 heavy (non-hydrogen) atoms. The van der Waals surface area contributed by atoms with Gasteiger partial charge in [0.15, 0.2) is 17.7 Å². The van der Waals surface area contributed by atoms with Crippen molar-refractivity contribution >= 4 is 86.3 Å². The Labute approximate surface area is 448 Å². The summed E-state index contributed by atoms with van der Waals surface area (Å²) in [5.74, 6) is -6.99. The average Bonchev–Trinajstić information content (AvgIpc) is 4.13. The van der Waals surface area contributed by atoms with Gasteiger partial charge in [0, 0.05) is 18.8 Å². The van der Waals surface area contributed by atoms with E-state index in [4.69, 9.17) is 15.5 Å². The van der Waals surface area contributed by atoms with Crippen molar-refractivity contribution in [1.82, 2.24) is 44.3 Å². The summed E-state index contributed by atoms with van der Waals surface area (Å²) in [7, 11) is -12.2. The molecule has 0 spiro atoms. The maximum Gasteiger partial charge on any atom is 0.393 e. The van der Waals surface area contributed by atoms with Crippen LogP contribution < -0.4 is 20.8 Å². The normalized spacial score (nSPS) is 18.7. The van der Waals surface area contributed by atoms with Gasteiger partial charge in [-0.2, -0.15) is 0 Å². The highest BCUT2D eigenvalue weighted by atomic mass is 32.7. The van der Waals surface area contributed by atoms with E-state index in [1.165, 1.54) is 12.1 Å². The van der Waals surface area contributed by atoms with E-state index in [0.717, 1.165) is 27.0 Å². The lowest BCUT2D eigenvalue weighted by atomic mass is 10.0. The zero-order chi connectivity index (χ0) is 57.4. The number of phosphoric ester groups is 1. The average molecular weight is 1180 g/mol. The molecular weight excluding hydrogens is 1130 g/mol. The molecule has 5 unspecified atom stereocenters. The Morgan fingerprint density at radius 1 is 0.709 bits per heavy atom. The van der Waals surface area contributed by atoms with E-state index in [1.54, 1.807) is 60.7 Å². The van der Waals surface area contributed by atoms with E-state index in [1.807, 2.05) is 0 Å². The summed E-state index contributed by atoms with van der Waals surface area (Å²) in [6, 6.07) is 18.7. The quantitative estimate of drug-likeness (QED) is 0.0319. The number of hydrogen-bond acceptors (Lipinski definition) is 26. The van der Waals surface area contributed by atoms with E-state index in [-0.39, 0.29) is 81.3 Å². The monoisotopic (exact) mass is 1180 g/mol. The van der Waals surface area contributed by atoms with Crippen molar-refractivity contribution in [3.63, 3.8) is 0 Å². The fourth-order valence-corrected chi connectivity index (χ4v) is 13.1. The first-order chi connectivity index (χ1) is 37.2. The van der Waals surface area contributed by atoms with Crippen molar-refractivity contribution in [3.8, 4) is 33.9 Å². The second-order valence-corrected chi connectivity index (χ2v) is 23.9. The lowest BCUT2D eigenvalue weighted by Gasteiger charge is -2.31. The number of nitrogen functional groups attached to an aromatic ring is 1. The summed E-state index contributed by atoms with van der Waals surface area (Å²) in [6.45, 7) is -9.32. The third kappa shape index (κ3) is 16.7. The Bertz CT molecular complexity index is 3290. The molecule has 6 heterocycles. The summed E-state index contributed by atoms with van der Waals surface area (Å²) < 4.78 is 57.0. The number of anilines is 2. The van der Waals surface area contributed by atoms with Gasteiger partial charge in [-0.25, -0.2) is 43.1 Å². The van der Waals surface area contributed by atoms with Crippen LogP contribution in [0.25, 0.3) is 45.1 Å². The number of amides is 1. The zero-order valence-electron chi connectivity index (χ0n) is 40.2. The number of hydrogen-bond donors (Lipinski definition) is 9. The fourth-order valence-electron chi connectivity index (χ4n) is 7.65. The van der Waals surface area contributed by atoms with Gasteiger partial charge < -0.3 is 65.6 Å². The molecule has 1 fully saturated rings. The van der Waals surface area contributed by atoms with Crippen LogP contribution in [0.4, 0.5) is 11.5 Å². The number of pyridine rings is 3. The second kappa shape index (κ2) is 25.4. The van der Waals surface area contributed by atoms with Crippen LogP contribution in [0, 0.1) is 0 Å². The maximum atomic E-state index is 12.9. The maximum absolute atomic E-state index is 12.9. The van der Waals surface area contributed by atoms with Crippen molar-refractivity contribution in [1.29, 1.82) is 0 Å². The van der Waals surface area contributed by atoms with E-state index in [9.17, 15) is 83.0 Å². The molecule has 7 rings (SSSR count). The second-order valence-electron chi connectivity index (χ2n) is 16.9. The first-order valence-corrected chi connectivity index (χ1v) is 28.6. The smallest absolute Gasteiger partial charge is 0.393 e. The summed E-state index contributed by atoms with van der Waals surface area (Å²) >= 11 is -0.231. The number of benzene rings is 1. The summed E-state index contributed by atoms with van der Waals surface area (Å²) in [6.07, 6.45) is -4.34. The van der Waals surface area contributed by atoms with Crippen LogP contribution in [0.2, 0.25) is 0 Å². The number of aliphatic carboxylic acids is 4. The molecule has 7 atom stereocenters. The Balaban J connectivity index is 1.01. The number of nitrogens with two attached hydrogens (primary N) is 1. The molecule has 36 heteroatoms.